The van der Waals surface area contributed by atoms with Crippen LogP contribution in [0.4, 0.5) is 10.1 Å². The SMILES string of the molecule is C=CC(C)NC(=O)c1c(Br)c(C(=O)Nc2ccc(F)c(C)c2)n(C)c1C. The Morgan fingerprint density at radius 2 is 1.96 bits per heavy atom. The van der Waals surface area contributed by atoms with Crippen LogP contribution in [0.25, 0.3) is 0 Å². The van der Waals surface area contributed by atoms with Crippen molar-refractivity contribution >= 4 is 33.4 Å². The van der Waals surface area contributed by atoms with Gasteiger partial charge in [0, 0.05) is 24.5 Å². The normalized spacial score (nSPS) is 11.8. The molecule has 0 saturated heterocycles. The fraction of sp³-hybridized carbons (Fsp3) is 0.263. The summed E-state index contributed by atoms with van der Waals surface area (Å²) in [5, 5.41) is 5.53. The second kappa shape index (κ2) is 7.86. The molecule has 0 bridgehead atoms. The number of hydrogen-bond acceptors (Lipinski definition) is 2. The zero-order valence-electron chi connectivity index (χ0n) is 15.1. The zero-order chi connectivity index (χ0) is 19.6. The topological polar surface area (TPSA) is 63.1 Å². The van der Waals surface area contributed by atoms with Crippen molar-refractivity contribution in [3.63, 3.8) is 0 Å². The number of benzene rings is 1. The van der Waals surface area contributed by atoms with E-state index in [1.807, 2.05) is 6.92 Å². The molecule has 1 heterocycles. The maximum Gasteiger partial charge on any atom is 0.273 e. The number of aromatic nitrogens is 1. The molecule has 2 amide bonds. The Bertz CT molecular complexity index is 889. The molecule has 0 aliphatic rings. The van der Waals surface area contributed by atoms with Crippen molar-refractivity contribution < 1.29 is 14.0 Å². The summed E-state index contributed by atoms with van der Waals surface area (Å²) in [6.45, 7) is 8.83. The van der Waals surface area contributed by atoms with Crippen LogP contribution >= 0.6 is 15.9 Å². The van der Waals surface area contributed by atoms with Gasteiger partial charge in [0.1, 0.15) is 11.5 Å². The van der Waals surface area contributed by atoms with Crippen LogP contribution in [0.15, 0.2) is 35.3 Å². The Hall–Kier alpha value is -2.41. The lowest BCUT2D eigenvalue weighted by molar-refractivity contribution is 0.0945. The van der Waals surface area contributed by atoms with Crippen molar-refractivity contribution in [2.24, 2.45) is 7.05 Å². The molecule has 0 saturated carbocycles. The van der Waals surface area contributed by atoms with Gasteiger partial charge in [0.25, 0.3) is 11.8 Å². The van der Waals surface area contributed by atoms with Crippen LogP contribution in [0.3, 0.4) is 0 Å². The van der Waals surface area contributed by atoms with E-state index < -0.39 is 5.91 Å². The molecule has 0 aliphatic carbocycles. The molecule has 1 atom stereocenters. The Balaban J connectivity index is 2.36. The average Bonchev–Trinajstić information content (AvgIpc) is 2.80. The first kappa shape index (κ1) is 19.9. The van der Waals surface area contributed by atoms with E-state index in [9.17, 15) is 14.0 Å². The van der Waals surface area contributed by atoms with Gasteiger partial charge in [-0.1, -0.05) is 6.08 Å². The van der Waals surface area contributed by atoms with Gasteiger partial charge < -0.3 is 15.2 Å². The summed E-state index contributed by atoms with van der Waals surface area (Å²) in [7, 11) is 1.71. The van der Waals surface area contributed by atoms with Gasteiger partial charge in [-0.05, 0) is 60.5 Å². The smallest absolute Gasteiger partial charge is 0.273 e. The van der Waals surface area contributed by atoms with E-state index in [4.69, 9.17) is 0 Å². The van der Waals surface area contributed by atoms with E-state index in [-0.39, 0.29) is 17.8 Å². The fourth-order valence-electron chi connectivity index (χ4n) is 2.53. The molecule has 0 fully saturated rings. The summed E-state index contributed by atoms with van der Waals surface area (Å²) in [6.07, 6.45) is 1.62. The van der Waals surface area contributed by atoms with Crippen LogP contribution in [0.5, 0.6) is 0 Å². The quantitative estimate of drug-likeness (QED) is 0.713. The van der Waals surface area contributed by atoms with Crippen molar-refractivity contribution in [2.45, 2.75) is 26.8 Å². The predicted octanol–water partition coefficient (Wildman–Crippen LogP) is 4.10. The van der Waals surface area contributed by atoms with E-state index >= 15 is 0 Å². The van der Waals surface area contributed by atoms with E-state index in [2.05, 4.69) is 33.1 Å². The molecule has 1 aromatic carbocycles. The van der Waals surface area contributed by atoms with Crippen LogP contribution in [0.2, 0.25) is 0 Å². The third-order valence-electron chi connectivity index (χ3n) is 4.20. The zero-order valence-corrected chi connectivity index (χ0v) is 16.7. The molecule has 1 aromatic heterocycles. The highest BCUT2D eigenvalue weighted by Gasteiger charge is 2.26. The van der Waals surface area contributed by atoms with Crippen molar-refractivity contribution in [1.82, 2.24) is 9.88 Å². The van der Waals surface area contributed by atoms with Crippen molar-refractivity contribution in [3.8, 4) is 0 Å². The van der Waals surface area contributed by atoms with Gasteiger partial charge in [0.05, 0.1) is 10.0 Å². The van der Waals surface area contributed by atoms with Crippen molar-refractivity contribution in [1.29, 1.82) is 0 Å². The third-order valence-corrected chi connectivity index (χ3v) is 4.97. The van der Waals surface area contributed by atoms with Crippen LogP contribution in [0.1, 0.15) is 39.0 Å². The Morgan fingerprint density at radius 3 is 2.54 bits per heavy atom. The van der Waals surface area contributed by atoms with Gasteiger partial charge in [-0.2, -0.15) is 0 Å². The molecule has 26 heavy (non-hydrogen) atoms. The molecule has 2 aromatic rings. The number of nitrogens with zero attached hydrogens (tertiary/aromatic N) is 1. The minimum Gasteiger partial charge on any atom is -0.346 e. The largest absolute Gasteiger partial charge is 0.346 e. The molecule has 0 spiro atoms. The van der Waals surface area contributed by atoms with Gasteiger partial charge in [-0.3, -0.25) is 9.59 Å². The van der Waals surface area contributed by atoms with Crippen LogP contribution in [-0.4, -0.2) is 22.4 Å². The molecule has 0 radical (unpaired) electrons. The number of aryl methyl sites for hydroxylation is 1. The van der Waals surface area contributed by atoms with Crippen LogP contribution in [-0.2, 0) is 7.05 Å². The number of halogens is 2. The highest BCUT2D eigenvalue weighted by molar-refractivity contribution is 9.10. The lowest BCUT2D eigenvalue weighted by atomic mass is 10.2. The van der Waals surface area contributed by atoms with Crippen molar-refractivity contribution in [3.05, 3.63) is 63.7 Å². The third kappa shape index (κ3) is 3.88. The van der Waals surface area contributed by atoms with Crippen molar-refractivity contribution in [2.75, 3.05) is 5.32 Å². The lowest BCUT2D eigenvalue weighted by Gasteiger charge is -2.09. The summed E-state index contributed by atoms with van der Waals surface area (Å²) in [5.74, 6) is -1.03. The van der Waals surface area contributed by atoms with E-state index in [0.717, 1.165) is 0 Å². The van der Waals surface area contributed by atoms with Gasteiger partial charge in [-0.15, -0.1) is 6.58 Å². The minimum atomic E-state index is -0.399. The Kier molecular flexibility index (Phi) is 6.02. The number of amides is 2. The minimum absolute atomic E-state index is 0.200. The average molecular weight is 422 g/mol. The molecule has 2 rings (SSSR count). The van der Waals surface area contributed by atoms with E-state index in [0.29, 0.717) is 32.7 Å². The number of nitrogens with one attached hydrogen (secondary N) is 2. The molecule has 138 valence electrons. The number of rotatable bonds is 5. The predicted molar refractivity (Wildman–Crippen MR) is 104 cm³/mol. The second-order valence-electron chi connectivity index (χ2n) is 6.10. The van der Waals surface area contributed by atoms with Gasteiger partial charge in [0.2, 0.25) is 0 Å². The van der Waals surface area contributed by atoms with E-state index in [1.54, 1.807) is 37.6 Å². The number of carbonyl (C=O) groups is 2. The molecule has 5 nitrogen and oxygen atoms in total. The Labute approximate surface area is 160 Å². The number of hydrogen-bond donors (Lipinski definition) is 2. The maximum atomic E-state index is 13.4. The standard InChI is InChI=1S/C19H21BrFN3O2/c1-6-11(3)22-18(25)15-12(4)24(5)17(16(15)20)19(26)23-13-7-8-14(21)10(2)9-13/h6-9,11H,1H2,2-5H3,(H,22,25)(H,23,26). The first-order valence-corrected chi connectivity index (χ1v) is 8.82. The maximum absolute atomic E-state index is 13.4. The molecular formula is C19H21BrFN3O2. The van der Waals surface area contributed by atoms with Crippen LogP contribution in [0, 0.1) is 19.7 Å². The number of carbonyl (C=O) groups excluding carboxylic acids is 2. The number of anilines is 1. The molecular weight excluding hydrogens is 401 g/mol. The lowest BCUT2D eigenvalue weighted by Crippen LogP contribution is -2.31. The Morgan fingerprint density at radius 1 is 1.31 bits per heavy atom. The fourth-order valence-corrected chi connectivity index (χ4v) is 3.44. The summed E-state index contributed by atoms with van der Waals surface area (Å²) in [4.78, 5) is 25.2. The first-order chi connectivity index (χ1) is 12.2. The summed E-state index contributed by atoms with van der Waals surface area (Å²) >= 11 is 3.38. The molecule has 7 heteroatoms. The highest BCUT2D eigenvalue weighted by atomic mass is 79.9. The van der Waals surface area contributed by atoms with Gasteiger partial charge in [-0.25, -0.2) is 4.39 Å². The first-order valence-electron chi connectivity index (χ1n) is 8.03. The molecule has 2 N–H and O–H groups in total. The molecule has 0 aliphatic heterocycles. The summed E-state index contributed by atoms with van der Waals surface area (Å²) < 4.78 is 15.4. The second-order valence-corrected chi connectivity index (χ2v) is 6.89. The highest BCUT2D eigenvalue weighted by Crippen LogP contribution is 2.28. The van der Waals surface area contributed by atoms with Gasteiger partial charge in [0.15, 0.2) is 0 Å². The molecule has 1 unspecified atom stereocenters. The van der Waals surface area contributed by atoms with Gasteiger partial charge >= 0.3 is 0 Å². The summed E-state index contributed by atoms with van der Waals surface area (Å²) in [5.41, 5.74) is 2.25. The monoisotopic (exact) mass is 421 g/mol. The van der Waals surface area contributed by atoms with Crippen LogP contribution < -0.4 is 10.6 Å². The van der Waals surface area contributed by atoms with E-state index in [1.165, 1.54) is 12.1 Å². The summed E-state index contributed by atoms with van der Waals surface area (Å²) in [6, 6.07) is 4.14.